The van der Waals surface area contributed by atoms with Crippen molar-refractivity contribution < 1.29 is 14.8 Å². The van der Waals surface area contributed by atoms with Gasteiger partial charge in [0.15, 0.2) is 6.29 Å². The summed E-state index contributed by atoms with van der Waals surface area (Å²) in [4.78, 5) is 34.1. The van der Waals surface area contributed by atoms with Crippen molar-refractivity contribution in [2.75, 3.05) is 11.1 Å². The predicted molar refractivity (Wildman–Crippen MR) is 279 cm³/mol. The van der Waals surface area contributed by atoms with Crippen LogP contribution in [0.25, 0.3) is 32.7 Å². The highest BCUT2D eigenvalue weighted by Gasteiger charge is 2.09. The van der Waals surface area contributed by atoms with Crippen LogP contribution in [0.5, 0.6) is 0 Å². The summed E-state index contributed by atoms with van der Waals surface area (Å²) in [5.41, 5.74) is 22.9. The Kier molecular flexibility index (Phi) is 18.9. The van der Waals surface area contributed by atoms with Crippen molar-refractivity contribution in [1.82, 2.24) is 15.0 Å². The summed E-state index contributed by atoms with van der Waals surface area (Å²) < 4.78 is 0. The van der Waals surface area contributed by atoms with Crippen molar-refractivity contribution in [1.29, 1.82) is 5.26 Å². The molecule has 5 aromatic carbocycles. The van der Waals surface area contributed by atoms with Crippen LogP contribution in [0, 0.1) is 80.6 Å². The van der Waals surface area contributed by atoms with E-state index in [9.17, 15) is 9.59 Å². The molecule has 67 heavy (non-hydrogen) atoms. The summed E-state index contributed by atoms with van der Waals surface area (Å²) in [6.45, 7) is 21.7. The number of amides is 1. The first-order valence-corrected chi connectivity index (χ1v) is 22.2. The van der Waals surface area contributed by atoms with E-state index in [1.54, 1.807) is 12.1 Å². The van der Waals surface area contributed by atoms with Crippen molar-refractivity contribution in [3.8, 4) is 6.07 Å². The molecular weight excluding hydrogens is 901 g/mol. The fourth-order valence-corrected chi connectivity index (χ4v) is 8.00. The van der Waals surface area contributed by atoms with Crippen LogP contribution in [0.3, 0.4) is 0 Å². The molecule has 0 saturated heterocycles. The Bertz CT molecular complexity index is 3130. The van der Waals surface area contributed by atoms with Crippen LogP contribution < -0.4 is 11.1 Å². The van der Waals surface area contributed by atoms with Gasteiger partial charge in [0.2, 0.25) is 5.91 Å². The first kappa shape index (κ1) is 52.7. The Morgan fingerprint density at radius 1 is 0.582 bits per heavy atom. The number of aromatic nitrogens is 3. The molecule has 3 heterocycles. The lowest BCUT2D eigenvalue weighted by Crippen LogP contribution is -2.05. The molecule has 8 aromatic rings. The van der Waals surface area contributed by atoms with Gasteiger partial charge in [-0.2, -0.15) is 5.26 Å². The zero-order valence-corrected chi connectivity index (χ0v) is 41.8. The van der Waals surface area contributed by atoms with Crippen LogP contribution in [-0.2, 0) is 4.79 Å². The fourth-order valence-electron chi connectivity index (χ4n) is 7.42. The topological polar surface area (TPSA) is 167 Å². The highest BCUT2D eigenvalue weighted by molar-refractivity contribution is 6.33. The van der Waals surface area contributed by atoms with Crippen molar-refractivity contribution in [2.24, 2.45) is 5.16 Å². The van der Waals surface area contributed by atoms with Gasteiger partial charge in [-0.25, -0.2) is 15.0 Å². The molecule has 344 valence electrons. The Labute approximate surface area is 407 Å². The van der Waals surface area contributed by atoms with Crippen molar-refractivity contribution in [3.63, 3.8) is 0 Å². The summed E-state index contributed by atoms with van der Waals surface area (Å²) in [5.74, 6) is -0.0278. The molecule has 8 rings (SSSR count). The number of nitriles is 1. The van der Waals surface area contributed by atoms with Gasteiger partial charge in [0.25, 0.3) is 0 Å². The fraction of sp³-hybridized carbons (Fsp3) is 0.204. The van der Waals surface area contributed by atoms with Crippen LogP contribution in [-0.4, -0.2) is 38.6 Å². The second kappa shape index (κ2) is 24.0. The minimum atomic E-state index is -0.0278. The molecule has 10 nitrogen and oxygen atoms in total. The van der Waals surface area contributed by atoms with Gasteiger partial charge in [-0.05, 0) is 186 Å². The van der Waals surface area contributed by atoms with Gasteiger partial charge < -0.3 is 16.3 Å². The Morgan fingerprint density at radius 2 is 0.955 bits per heavy atom. The monoisotopic (exact) mass is 953 g/mol. The van der Waals surface area contributed by atoms with E-state index < -0.39 is 0 Å². The number of carbonyl (C=O) groups is 2. The summed E-state index contributed by atoms with van der Waals surface area (Å²) >= 11 is 17.7. The van der Waals surface area contributed by atoms with Crippen LogP contribution >= 0.6 is 34.8 Å². The predicted octanol–water partition coefficient (Wildman–Crippen LogP) is 14.2. The molecule has 0 bridgehead atoms. The van der Waals surface area contributed by atoms with Crippen molar-refractivity contribution in [3.05, 3.63) is 179 Å². The molecule has 0 aliphatic heterocycles. The molecule has 0 aliphatic rings. The number of nitrogens with two attached hydrogens (primary N) is 1. The summed E-state index contributed by atoms with van der Waals surface area (Å²) in [6, 6.07) is 31.6. The molecule has 13 heteroatoms. The number of hydrogen-bond acceptors (Lipinski definition) is 9. The van der Waals surface area contributed by atoms with E-state index in [1.165, 1.54) is 35.4 Å². The van der Waals surface area contributed by atoms with E-state index >= 15 is 0 Å². The van der Waals surface area contributed by atoms with Gasteiger partial charge in [0.1, 0.15) is 21.5 Å². The first-order valence-electron chi connectivity index (χ1n) is 21.1. The number of benzene rings is 5. The Morgan fingerprint density at radius 3 is 1.34 bits per heavy atom. The molecule has 0 aliphatic carbocycles. The highest BCUT2D eigenvalue weighted by Crippen LogP contribution is 2.26. The third kappa shape index (κ3) is 15.3. The van der Waals surface area contributed by atoms with E-state index in [2.05, 4.69) is 55.8 Å². The number of pyridine rings is 3. The number of anilines is 2. The van der Waals surface area contributed by atoms with Crippen LogP contribution in [0.2, 0.25) is 15.5 Å². The van der Waals surface area contributed by atoms with Gasteiger partial charge in [-0.1, -0.05) is 70.3 Å². The number of nitrogens with one attached hydrogen (secondary N) is 1. The minimum absolute atomic E-state index is 0.0278. The van der Waals surface area contributed by atoms with Crippen LogP contribution in [0.15, 0.2) is 96.2 Å². The third-order valence-corrected chi connectivity index (χ3v) is 10.9. The summed E-state index contributed by atoms with van der Waals surface area (Å²) in [6.07, 6.45) is 2.02. The number of hydrogen-bond donors (Lipinski definition) is 3. The highest BCUT2D eigenvalue weighted by atomic mass is 35.5. The maximum absolute atomic E-state index is 10.7. The molecule has 0 spiro atoms. The quantitative estimate of drug-likeness (QED) is 0.0393. The third-order valence-electron chi connectivity index (χ3n) is 10.0. The molecule has 3 aromatic heterocycles. The van der Waals surface area contributed by atoms with Crippen molar-refractivity contribution >= 4 is 97.3 Å². The Hall–Kier alpha value is -6.90. The standard InChI is InChI=1S/C12H11ClN2O.C12H9ClN2.C12H10ClNO.C10H13NO.C8H11N/c1-7-3-8(2)10-5-9(6-14-16)12(13)15-11(10)4-7;1-7-3-8(2)10-5-9(6-14)12(13)15-11(10)4-7;1-7-3-8(2)10-5-9(6-15)12(13)14-11(10)4-7;1-7-4-8(2)6-10(5-7)11-9(3)12;1-6-3-7(2)5-8(9)4-6/h3-6,16H,1-2H3;3-5H,1-2H3;3-6H,1-2H3;4-6H,1-3H3,(H,11,12);3-5H,9H2,1-2H3. The zero-order chi connectivity index (χ0) is 49.7. The number of nitrogens with zero attached hydrogens (tertiary/aromatic N) is 5. The van der Waals surface area contributed by atoms with E-state index in [4.69, 9.17) is 51.0 Å². The van der Waals surface area contributed by atoms with Gasteiger partial charge in [-0.15, -0.1) is 0 Å². The average Bonchev–Trinajstić information content (AvgIpc) is 3.21. The SMILES string of the molecule is CC(=O)Nc1cc(C)cc(C)c1.Cc1cc(C)c2cc(C#N)c(Cl)nc2c1.Cc1cc(C)c2cc(C=NO)c(Cl)nc2c1.Cc1cc(C)c2cc(C=O)c(Cl)nc2c1.Cc1cc(C)cc(N)c1. The molecular formula is C54H54Cl3N7O3. The molecule has 0 saturated carbocycles. The smallest absolute Gasteiger partial charge is 0.221 e. The largest absolute Gasteiger partial charge is 0.411 e. The Balaban J connectivity index is 0.000000185. The molecule has 4 N–H and O–H groups in total. The molecule has 0 unspecified atom stereocenters. The number of nitrogen functional groups attached to an aromatic ring is 1. The van der Waals surface area contributed by atoms with E-state index in [1.807, 2.05) is 124 Å². The zero-order valence-electron chi connectivity index (χ0n) is 39.5. The van der Waals surface area contributed by atoms with Crippen LogP contribution in [0.1, 0.15) is 84.0 Å². The van der Waals surface area contributed by atoms with Gasteiger partial charge >= 0.3 is 0 Å². The van der Waals surface area contributed by atoms with E-state index in [0.717, 1.165) is 83.8 Å². The van der Waals surface area contributed by atoms with Gasteiger partial charge in [0.05, 0.1) is 33.9 Å². The van der Waals surface area contributed by atoms with E-state index in [0.29, 0.717) is 21.8 Å². The molecule has 0 fully saturated rings. The number of carbonyl (C=O) groups excluding carboxylic acids is 2. The number of rotatable bonds is 3. The number of halogens is 3. The average molecular weight is 955 g/mol. The first-order chi connectivity index (χ1) is 31.6. The number of aldehydes is 1. The molecule has 0 radical (unpaired) electrons. The van der Waals surface area contributed by atoms with E-state index in [-0.39, 0.29) is 16.2 Å². The summed E-state index contributed by atoms with van der Waals surface area (Å²) in [7, 11) is 0. The minimum Gasteiger partial charge on any atom is -0.411 e. The summed E-state index contributed by atoms with van der Waals surface area (Å²) in [5, 5.41) is 26.9. The van der Waals surface area contributed by atoms with Crippen molar-refractivity contribution in [2.45, 2.75) is 76.2 Å². The molecule has 1 amide bonds. The molecule has 0 atom stereocenters. The number of fused-ring (bicyclic) bond motifs is 3. The second-order valence-corrected chi connectivity index (χ2v) is 17.5. The second-order valence-electron chi connectivity index (χ2n) is 16.5. The van der Waals surface area contributed by atoms with Gasteiger partial charge in [-0.3, -0.25) is 9.59 Å². The lowest BCUT2D eigenvalue weighted by atomic mass is 10.0. The number of oxime groups is 1. The van der Waals surface area contributed by atoms with Gasteiger partial charge in [0, 0.05) is 40.0 Å². The lowest BCUT2D eigenvalue weighted by molar-refractivity contribution is -0.114. The van der Waals surface area contributed by atoms with Crippen LogP contribution in [0.4, 0.5) is 11.4 Å². The maximum Gasteiger partial charge on any atom is 0.221 e. The normalized spacial score (nSPS) is 10.4. The lowest BCUT2D eigenvalue weighted by Gasteiger charge is -2.06. The number of aryl methyl sites for hydroxylation is 10. The maximum atomic E-state index is 10.7.